The first-order chi connectivity index (χ1) is 13.4. The van der Waals surface area contributed by atoms with E-state index in [1.165, 1.54) is 16.4 Å². The summed E-state index contributed by atoms with van der Waals surface area (Å²) < 4.78 is 51.1. The number of sulfonamides is 1. The van der Waals surface area contributed by atoms with E-state index in [2.05, 4.69) is 0 Å². The predicted molar refractivity (Wildman–Crippen MR) is 98.3 cm³/mol. The van der Waals surface area contributed by atoms with Gasteiger partial charge in [-0.05, 0) is 30.7 Å². The minimum Gasteiger partial charge on any atom is -0.347 e. The molecule has 1 aromatic carbocycles. The van der Waals surface area contributed by atoms with Gasteiger partial charge in [0.05, 0.1) is 18.1 Å². The molecule has 7 nitrogen and oxygen atoms in total. The number of hydrogen-bond acceptors (Lipinski definition) is 5. The van der Waals surface area contributed by atoms with E-state index in [1.54, 1.807) is 11.0 Å². The van der Waals surface area contributed by atoms with Crippen molar-refractivity contribution >= 4 is 15.9 Å². The van der Waals surface area contributed by atoms with Crippen LogP contribution in [-0.4, -0.2) is 68.7 Å². The lowest BCUT2D eigenvalue weighted by atomic mass is 10.0. The Morgan fingerprint density at radius 2 is 1.68 bits per heavy atom. The number of carbonyl (C=O) groups excluding carboxylic acids is 1. The quantitative estimate of drug-likeness (QED) is 0.755. The Morgan fingerprint density at radius 1 is 1.04 bits per heavy atom. The van der Waals surface area contributed by atoms with Crippen molar-refractivity contribution < 1.29 is 27.1 Å². The zero-order chi connectivity index (χ0) is 19.8. The molecule has 2 fully saturated rings. The first-order valence-corrected chi connectivity index (χ1v) is 10.9. The maximum absolute atomic E-state index is 13.1. The number of ether oxygens (including phenoxy) is 2. The van der Waals surface area contributed by atoms with Crippen molar-refractivity contribution in [3.63, 3.8) is 0 Å². The third-order valence-corrected chi connectivity index (χ3v) is 7.40. The lowest BCUT2D eigenvalue weighted by Gasteiger charge is -2.38. The van der Waals surface area contributed by atoms with Gasteiger partial charge in [0, 0.05) is 44.6 Å². The van der Waals surface area contributed by atoms with Crippen LogP contribution in [0.2, 0.25) is 0 Å². The van der Waals surface area contributed by atoms with Gasteiger partial charge >= 0.3 is 0 Å². The largest absolute Gasteiger partial charge is 0.347 e. The normalized spacial score (nSPS) is 23.0. The number of rotatable bonds is 3. The molecule has 0 bridgehead atoms. The van der Waals surface area contributed by atoms with Gasteiger partial charge in [0.25, 0.3) is 0 Å². The summed E-state index contributed by atoms with van der Waals surface area (Å²) >= 11 is 0. The van der Waals surface area contributed by atoms with Crippen molar-refractivity contribution in [1.29, 1.82) is 0 Å². The monoisotopic (exact) mass is 410 g/mol. The van der Waals surface area contributed by atoms with Gasteiger partial charge in [0.15, 0.2) is 5.79 Å². The Bertz CT molecular complexity index is 868. The van der Waals surface area contributed by atoms with Crippen LogP contribution in [0, 0.1) is 5.82 Å². The molecule has 28 heavy (non-hydrogen) atoms. The fourth-order valence-corrected chi connectivity index (χ4v) is 5.24. The van der Waals surface area contributed by atoms with Crippen LogP contribution in [0.5, 0.6) is 0 Å². The molecule has 9 heteroatoms. The Morgan fingerprint density at radius 3 is 2.25 bits per heavy atom. The SMILES string of the molecule is O=C(C1=CCN(S(=O)(=O)c2ccc(F)cc2)CC1)N1CCC2(CC1)OCCO2. The van der Waals surface area contributed by atoms with E-state index >= 15 is 0 Å². The van der Waals surface area contributed by atoms with Gasteiger partial charge in [0.1, 0.15) is 5.82 Å². The first-order valence-electron chi connectivity index (χ1n) is 9.42. The van der Waals surface area contributed by atoms with E-state index in [4.69, 9.17) is 9.47 Å². The molecule has 2 saturated heterocycles. The zero-order valence-corrected chi connectivity index (χ0v) is 16.3. The standard InChI is InChI=1S/C19H23FN2O5S/c20-16-1-3-17(4-2-16)28(24,25)22-9-5-15(6-10-22)18(23)21-11-7-19(8-12-21)26-13-14-27-19/h1-5H,6-14H2. The Balaban J connectivity index is 1.38. The summed E-state index contributed by atoms with van der Waals surface area (Å²) in [6.45, 7) is 2.67. The molecule has 0 atom stereocenters. The number of likely N-dealkylation sites (tertiary alicyclic amines) is 1. The molecular formula is C19H23FN2O5S. The minimum absolute atomic E-state index is 0.0494. The minimum atomic E-state index is -3.70. The molecule has 0 aromatic heterocycles. The summed E-state index contributed by atoms with van der Waals surface area (Å²) in [6, 6.07) is 4.77. The predicted octanol–water partition coefficient (Wildman–Crippen LogP) is 1.51. The number of carbonyl (C=O) groups is 1. The topological polar surface area (TPSA) is 76.2 Å². The number of hydrogen-bond donors (Lipinski definition) is 0. The molecule has 4 rings (SSSR count). The van der Waals surface area contributed by atoms with Gasteiger partial charge in [-0.1, -0.05) is 6.08 Å². The lowest BCUT2D eigenvalue weighted by molar-refractivity contribution is -0.186. The molecule has 0 N–H and O–H groups in total. The number of amides is 1. The molecule has 1 aromatic rings. The van der Waals surface area contributed by atoms with Crippen LogP contribution >= 0.6 is 0 Å². The lowest BCUT2D eigenvalue weighted by Crippen LogP contribution is -2.48. The van der Waals surface area contributed by atoms with Gasteiger partial charge in [-0.25, -0.2) is 12.8 Å². The van der Waals surface area contributed by atoms with Crippen molar-refractivity contribution in [2.24, 2.45) is 0 Å². The van der Waals surface area contributed by atoms with Gasteiger partial charge in [-0.15, -0.1) is 0 Å². The summed E-state index contributed by atoms with van der Waals surface area (Å²) in [5, 5.41) is 0. The summed E-state index contributed by atoms with van der Waals surface area (Å²) in [7, 11) is -3.70. The molecule has 0 saturated carbocycles. The maximum Gasteiger partial charge on any atom is 0.249 e. The van der Waals surface area contributed by atoms with Crippen molar-refractivity contribution in [3.8, 4) is 0 Å². The number of halogens is 1. The second kappa shape index (κ2) is 7.55. The molecule has 3 aliphatic heterocycles. The smallest absolute Gasteiger partial charge is 0.249 e. The average molecular weight is 410 g/mol. The summed E-state index contributed by atoms with van der Waals surface area (Å²) in [4.78, 5) is 14.6. The van der Waals surface area contributed by atoms with Gasteiger partial charge in [0.2, 0.25) is 15.9 Å². The molecule has 0 radical (unpaired) electrons. The van der Waals surface area contributed by atoms with Crippen molar-refractivity contribution in [2.75, 3.05) is 39.4 Å². The van der Waals surface area contributed by atoms with Crippen LogP contribution in [0.15, 0.2) is 40.8 Å². The van der Waals surface area contributed by atoms with Gasteiger partial charge in [-0.2, -0.15) is 4.31 Å². The maximum atomic E-state index is 13.1. The molecule has 0 unspecified atom stereocenters. The van der Waals surface area contributed by atoms with E-state index in [0.29, 0.717) is 51.1 Å². The van der Waals surface area contributed by atoms with Crippen molar-refractivity contribution in [1.82, 2.24) is 9.21 Å². The van der Waals surface area contributed by atoms with Crippen LogP contribution in [-0.2, 0) is 24.3 Å². The van der Waals surface area contributed by atoms with E-state index in [1.807, 2.05) is 0 Å². The fourth-order valence-electron chi connectivity index (χ4n) is 3.86. The molecule has 1 spiro atoms. The molecule has 3 aliphatic rings. The zero-order valence-electron chi connectivity index (χ0n) is 15.5. The third-order valence-electron chi connectivity index (χ3n) is 5.52. The van der Waals surface area contributed by atoms with Crippen LogP contribution in [0.25, 0.3) is 0 Å². The molecule has 0 aliphatic carbocycles. The Kier molecular flexibility index (Phi) is 5.26. The highest BCUT2D eigenvalue weighted by Crippen LogP contribution is 2.32. The number of nitrogens with zero attached hydrogens (tertiary/aromatic N) is 2. The molecule has 3 heterocycles. The highest BCUT2D eigenvalue weighted by Gasteiger charge is 2.41. The van der Waals surface area contributed by atoms with E-state index in [0.717, 1.165) is 12.1 Å². The van der Waals surface area contributed by atoms with Crippen LogP contribution in [0.1, 0.15) is 19.3 Å². The Labute approximate surface area is 163 Å². The number of piperidine rings is 1. The summed E-state index contributed by atoms with van der Waals surface area (Å²) in [5.74, 6) is -1.06. The highest BCUT2D eigenvalue weighted by molar-refractivity contribution is 7.89. The average Bonchev–Trinajstić information content (AvgIpc) is 3.16. The van der Waals surface area contributed by atoms with E-state index < -0.39 is 21.6 Å². The number of benzene rings is 1. The van der Waals surface area contributed by atoms with Gasteiger partial charge < -0.3 is 14.4 Å². The van der Waals surface area contributed by atoms with Crippen molar-refractivity contribution in [2.45, 2.75) is 29.9 Å². The van der Waals surface area contributed by atoms with Crippen LogP contribution in [0.3, 0.4) is 0 Å². The summed E-state index contributed by atoms with van der Waals surface area (Å²) in [5.41, 5.74) is 0.634. The van der Waals surface area contributed by atoms with Crippen molar-refractivity contribution in [3.05, 3.63) is 41.7 Å². The Hall–Kier alpha value is -1.81. The van der Waals surface area contributed by atoms with Gasteiger partial charge in [-0.3, -0.25) is 4.79 Å². The second-order valence-corrected chi connectivity index (χ2v) is 9.13. The first kappa shape index (κ1) is 19.5. The van der Waals surface area contributed by atoms with E-state index in [9.17, 15) is 17.6 Å². The van der Waals surface area contributed by atoms with E-state index in [-0.39, 0.29) is 23.9 Å². The van der Waals surface area contributed by atoms with Crippen LogP contribution in [0.4, 0.5) is 4.39 Å². The summed E-state index contributed by atoms with van der Waals surface area (Å²) in [6.07, 6.45) is 3.34. The molecular weight excluding hydrogens is 387 g/mol. The highest BCUT2D eigenvalue weighted by atomic mass is 32.2. The van der Waals surface area contributed by atoms with Crippen LogP contribution < -0.4 is 0 Å². The molecule has 1 amide bonds. The molecule has 152 valence electrons. The third kappa shape index (κ3) is 3.71. The fraction of sp³-hybridized carbons (Fsp3) is 0.526. The second-order valence-electron chi connectivity index (χ2n) is 7.20.